The number of amides is 2. The van der Waals surface area contributed by atoms with Crippen LogP contribution in [0.2, 0.25) is 5.02 Å². The van der Waals surface area contributed by atoms with Crippen LogP contribution in [0.4, 0.5) is 4.39 Å². The molecule has 3 aromatic rings. The van der Waals surface area contributed by atoms with E-state index in [1.165, 1.54) is 24.3 Å². The molecule has 8 heteroatoms. The van der Waals surface area contributed by atoms with Gasteiger partial charge >= 0.3 is 0 Å². The van der Waals surface area contributed by atoms with Crippen molar-refractivity contribution in [3.63, 3.8) is 0 Å². The molecule has 0 radical (unpaired) electrons. The summed E-state index contributed by atoms with van der Waals surface area (Å²) in [6.07, 6.45) is 3.42. The Kier molecular flexibility index (Phi) is 6.06. The smallest absolute Gasteiger partial charge is 0.251 e. The molecular weight excluding hydrogens is 383 g/mol. The molecule has 0 spiro atoms. The quantitative estimate of drug-likeness (QED) is 0.668. The molecule has 1 heterocycles. The van der Waals surface area contributed by atoms with Crippen LogP contribution < -0.4 is 10.6 Å². The Morgan fingerprint density at radius 3 is 2.43 bits per heavy atom. The molecule has 28 heavy (non-hydrogen) atoms. The van der Waals surface area contributed by atoms with Crippen molar-refractivity contribution in [2.45, 2.75) is 6.04 Å². The molecule has 0 aliphatic heterocycles. The van der Waals surface area contributed by atoms with Gasteiger partial charge in [0.1, 0.15) is 17.7 Å². The molecule has 0 bridgehead atoms. The van der Waals surface area contributed by atoms with E-state index in [0.717, 1.165) is 5.56 Å². The first-order valence-electron chi connectivity index (χ1n) is 8.50. The molecule has 0 aliphatic rings. The summed E-state index contributed by atoms with van der Waals surface area (Å²) >= 11 is 5.95. The van der Waals surface area contributed by atoms with E-state index in [0.29, 0.717) is 10.8 Å². The van der Waals surface area contributed by atoms with Crippen molar-refractivity contribution in [3.8, 4) is 0 Å². The average Bonchev–Trinajstić information content (AvgIpc) is 3.11. The molecule has 2 N–H and O–H groups in total. The Morgan fingerprint density at radius 1 is 1.14 bits per heavy atom. The Labute approximate surface area is 166 Å². The lowest BCUT2D eigenvalue weighted by atomic mass is 10.1. The van der Waals surface area contributed by atoms with E-state index in [1.54, 1.807) is 41.2 Å². The number of aromatic nitrogens is 2. The van der Waals surface area contributed by atoms with Crippen molar-refractivity contribution < 1.29 is 14.0 Å². The van der Waals surface area contributed by atoms with Crippen LogP contribution >= 0.6 is 11.6 Å². The van der Waals surface area contributed by atoms with Gasteiger partial charge in [0, 0.05) is 30.0 Å². The van der Waals surface area contributed by atoms with Gasteiger partial charge in [-0.2, -0.15) is 0 Å². The van der Waals surface area contributed by atoms with Crippen molar-refractivity contribution >= 4 is 23.4 Å². The fourth-order valence-electron chi connectivity index (χ4n) is 2.68. The lowest BCUT2D eigenvalue weighted by Crippen LogP contribution is -2.39. The number of hydrogen-bond acceptors (Lipinski definition) is 3. The maximum Gasteiger partial charge on any atom is 0.251 e. The summed E-state index contributed by atoms with van der Waals surface area (Å²) in [4.78, 5) is 28.8. The van der Waals surface area contributed by atoms with Gasteiger partial charge in [-0.05, 0) is 42.0 Å². The summed E-state index contributed by atoms with van der Waals surface area (Å²) in [5.41, 5.74) is 1.07. The minimum Gasteiger partial charge on any atom is -0.343 e. The fourth-order valence-corrected chi connectivity index (χ4v) is 2.81. The van der Waals surface area contributed by atoms with E-state index in [9.17, 15) is 14.0 Å². The maximum absolute atomic E-state index is 12.9. The first-order chi connectivity index (χ1) is 13.4. The second kappa shape index (κ2) is 8.67. The number of hydrogen-bond donors (Lipinski definition) is 2. The number of rotatable bonds is 6. The summed E-state index contributed by atoms with van der Waals surface area (Å²) in [7, 11) is 1.83. The molecule has 1 unspecified atom stereocenters. The summed E-state index contributed by atoms with van der Waals surface area (Å²) < 4.78 is 14.8. The number of aryl methyl sites for hydroxylation is 1. The van der Waals surface area contributed by atoms with Gasteiger partial charge in [-0.3, -0.25) is 9.59 Å². The molecule has 144 valence electrons. The molecule has 0 saturated carbocycles. The van der Waals surface area contributed by atoms with Crippen LogP contribution in [0.5, 0.6) is 0 Å². The van der Waals surface area contributed by atoms with Gasteiger partial charge in [-0.25, -0.2) is 9.37 Å². The minimum absolute atomic E-state index is 0.231. The van der Waals surface area contributed by atoms with Gasteiger partial charge < -0.3 is 15.2 Å². The number of carbonyl (C=O) groups excluding carboxylic acids is 2. The van der Waals surface area contributed by atoms with Crippen molar-refractivity contribution in [1.29, 1.82) is 0 Å². The largest absolute Gasteiger partial charge is 0.343 e. The van der Waals surface area contributed by atoms with E-state index >= 15 is 0 Å². The van der Waals surface area contributed by atoms with Crippen LogP contribution in [-0.4, -0.2) is 27.9 Å². The van der Waals surface area contributed by atoms with Crippen molar-refractivity contribution in [2.75, 3.05) is 6.54 Å². The molecule has 0 fully saturated rings. The van der Waals surface area contributed by atoms with E-state index in [2.05, 4.69) is 15.6 Å². The Hall–Kier alpha value is -3.19. The van der Waals surface area contributed by atoms with Crippen LogP contribution in [0.3, 0.4) is 0 Å². The van der Waals surface area contributed by atoms with E-state index in [1.807, 2.05) is 7.05 Å². The Bertz CT molecular complexity index is 971. The van der Waals surface area contributed by atoms with E-state index in [-0.39, 0.29) is 12.1 Å². The number of benzene rings is 2. The molecular formula is C20H18ClFN4O2. The molecule has 2 aromatic carbocycles. The van der Waals surface area contributed by atoms with Crippen molar-refractivity contribution in [1.82, 2.24) is 20.2 Å². The molecule has 6 nitrogen and oxygen atoms in total. The average molecular weight is 401 g/mol. The number of nitrogens with zero attached hydrogens (tertiary/aromatic N) is 2. The number of imidazole rings is 1. The van der Waals surface area contributed by atoms with Crippen LogP contribution in [0, 0.1) is 5.82 Å². The zero-order chi connectivity index (χ0) is 20.1. The fraction of sp³-hybridized carbons (Fsp3) is 0.150. The summed E-state index contributed by atoms with van der Waals surface area (Å²) in [5, 5.41) is 5.98. The van der Waals surface area contributed by atoms with Crippen molar-refractivity contribution in [3.05, 3.63) is 88.7 Å². The molecule has 0 aliphatic carbocycles. The highest BCUT2D eigenvalue weighted by Crippen LogP contribution is 2.22. The predicted octanol–water partition coefficient (Wildman–Crippen LogP) is 2.85. The maximum atomic E-state index is 12.9. The zero-order valence-corrected chi connectivity index (χ0v) is 15.8. The number of carbonyl (C=O) groups is 2. The molecule has 2 amide bonds. The normalized spacial score (nSPS) is 11.7. The number of nitrogens with one attached hydrogen (secondary N) is 2. The zero-order valence-electron chi connectivity index (χ0n) is 15.0. The predicted molar refractivity (Wildman–Crippen MR) is 103 cm³/mol. The minimum atomic E-state index is -0.507. The highest BCUT2D eigenvalue weighted by Gasteiger charge is 2.21. The highest BCUT2D eigenvalue weighted by atomic mass is 35.5. The third-order valence-corrected chi connectivity index (χ3v) is 4.39. The highest BCUT2D eigenvalue weighted by molar-refractivity contribution is 6.30. The standard InChI is InChI=1S/C20H18ClFN4O2/c1-26-11-10-23-19(26)18(13-2-6-15(21)7-3-13)25-17(27)12-24-20(28)14-4-8-16(22)9-5-14/h2-11,18H,12H2,1H3,(H,24,28)(H,25,27). The monoisotopic (exact) mass is 400 g/mol. The van der Waals surface area contributed by atoms with Crippen LogP contribution in [0.15, 0.2) is 60.9 Å². The van der Waals surface area contributed by atoms with Gasteiger partial charge in [0.2, 0.25) is 5.91 Å². The summed E-state index contributed by atoms with van der Waals surface area (Å²) in [5.74, 6) is -0.649. The van der Waals surface area contributed by atoms with Crippen LogP contribution in [0.1, 0.15) is 27.8 Å². The Morgan fingerprint density at radius 2 is 1.82 bits per heavy atom. The van der Waals surface area contributed by atoms with Crippen LogP contribution in [0.25, 0.3) is 0 Å². The SMILES string of the molecule is Cn1ccnc1C(NC(=O)CNC(=O)c1ccc(F)cc1)c1ccc(Cl)cc1. The van der Waals surface area contributed by atoms with Gasteiger partial charge in [-0.15, -0.1) is 0 Å². The van der Waals surface area contributed by atoms with Gasteiger partial charge in [0.25, 0.3) is 5.91 Å². The van der Waals surface area contributed by atoms with E-state index in [4.69, 9.17) is 11.6 Å². The first-order valence-corrected chi connectivity index (χ1v) is 8.87. The lowest BCUT2D eigenvalue weighted by molar-refractivity contribution is -0.120. The molecule has 1 aromatic heterocycles. The molecule has 3 rings (SSSR count). The van der Waals surface area contributed by atoms with E-state index < -0.39 is 23.7 Å². The second-order valence-corrected chi connectivity index (χ2v) is 6.57. The van der Waals surface area contributed by atoms with Gasteiger partial charge in [0.15, 0.2) is 0 Å². The lowest BCUT2D eigenvalue weighted by Gasteiger charge is -2.19. The molecule has 0 saturated heterocycles. The van der Waals surface area contributed by atoms with Crippen LogP contribution in [-0.2, 0) is 11.8 Å². The second-order valence-electron chi connectivity index (χ2n) is 6.14. The third-order valence-electron chi connectivity index (χ3n) is 4.14. The summed E-state index contributed by atoms with van der Waals surface area (Å²) in [6.45, 7) is -0.231. The number of halogens is 2. The topological polar surface area (TPSA) is 76.0 Å². The van der Waals surface area contributed by atoms with Gasteiger partial charge in [-0.1, -0.05) is 23.7 Å². The third kappa shape index (κ3) is 4.75. The summed E-state index contributed by atoms with van der Waals surface area (Å²) in [6, 6.07) is 11.6. The molecule has 1 atom stereocenters. The van der Waals surface area contributed by atoms with Gasteiger partial charge in [0.05, 0.1) is 6.54 Å². The Balaban J connectivity index is 1.69. The van der Waals surface area contributed by atoms with Crippen molar-refractivity contribution in [2.24, 2.45) is 7.05 Å². The first kappa shape index (κ1) is 19.6.